The van der Waals surface area contributed by atoms with Gasteiger partial charge in [-0.3, -0.25) is 9.89 Å². The first-order valence-electron chi connectivity index (χ1n) is 10.3. The van der Waals surface area contributed by atoms with Crippen molar-refractivity contribution >= 4 is 17.8 Å². The number of methoxy groups -OCH3 is 1. The van der Waals surface area contributed by atoms with Crippen molar-refractivity contribution in [2.24, 2.45) is 11.8 Å². The Hall–Kier alpha value is -2.16. The number of ether oxygens (including phenoxy) is 2. The number of anilines is 1. The second-order valence-corrected chi connectivity index (χ2v) is 8.96. The summed E-state index contributed by atoms with van der Waals surface area (Å²) >= 11 is 0. The lowest BCUT2D eigenvalue weighted by molar-refractivity contribution is -0.117. The molecule has 4 rings (SSSR count). The predicted molar refractivity (Wildman–Crippen MR) is 103 cm³/mol. The van der Waals surface area contributed by atoms with Crippen LogP contribution in [-0.2, 0) is 14.3 Å². The number of rotatable bonds is 7. The monoisotopic (exact) mass is 408 g/mol. The van der Waals surface area contributed by atoms with Gasteiger partial charge in [-0.2, -0.15) is 5.10 Å². The second kappa shape index (κ2) is 7.93. The van der Waals surface area contributed by atoms with E-state index in [9.17, 15) is 14.0 Å². The van der Waals surface area contributed by atoms with Crippen LogP contribution in [0, 0.1) is 11.8 Å². The number of alkyl halides is 1. The molecule has 0 aromatic carbocycles. The van der Waals surface area contributed by atoms with E-state index < -0.39 is 11.8 Å². The summed E-state index contributed by atoms with van der Waals surface area (Å²) in [6.07, 6.45) is 3.24. The van der Waals surface area contributed by atoms with E-state index in [-0.39, 0.29) is 29.9 Å². The van der Waals surface area contributed by atoms with Crippen LogP contribution in [0.5, 0.6) is 0 Å². The Labute approximate surface area is 169 Å². The van der Waals surface area contributed by atoms with Gasteiger partial charge in [-0.05, 0) is 38.5 Å². The van der Waals surface area contributed by atoms with Crippen LogP contribution in [0.4, 0.5) is 15.0 Å². The Morgan fingerprint density at radius 1 is 1.34 bits per heavy atom. The van der Waals surface area contributed by atoms with Crippen molar-refractivity contribution in [3.05, 3.63) is 11.8 Å². The van der Waals surface area contributed by atoms with Crippen LogP contribution in [0.1, 0.15) is 57.1 Å². The number of nitrogens with one attached hydrogen (secondary N) is 3. The smallest absolute Gasteiger partial charge is 0.407 e. The van der Waals surface area contributed by atoms with Crippen LogP contribution >= 0.6 is 0 Å². The molecule has 3 fully saturated rings. The van der Waals surface area contributed by atoms with E-state index in [1.54, 1.807) is 14.0 Å². The van der Waals surface area contributed by atoms with Gasteiger partial charge in [0.25, 0.3) is 0 Å². The molecule has 0 spiro atoms. The lowest BCUT2D eigenvalue weighted by Crippen LogP contribution is -2.51. The molecule has 0 unspecified atom stereocenters. The molecule has 1 heterocycles. The number of alkyl carbamates (subject to hydrolysis) is 1. The fraction of sp³-hybridized carbons (Fsp3) is 0.750. The van der Waals surface area contributed by atoms with Gasteiger partial charge in [0.15, 0.2) is 5.82 Å². The van der Waals surface area contributed by atoms with Gasteiger partial charge in [0.05, 0.1) is 0 Å². The molecule has 4 atom stereocenters. The summed E-state index contributed by atoms with van der Waals surface area (Å²) in [7, 11) is 1.64. The van der Waals surface area contributed by atoms with Crippen molar-refractivity contribution in [3.63, 3.8) is 0 Å². The maximum absolute atomic E-state index is 13.5. The highest BCUT2D eigenvalue weighted by molar-refractivity contribution is 5.93. The number of amides is 2. The molecule has 0 saturated heterocycles. The van der Waals surface area contributed by atoms with Crippen molar-refractivity contribution in [1.29, 1.82) is 0 Å². The number of aromatic nitrogens is 2. The number of carbonyl (C=O) groups is 2. The first-order valence-corrected chi connectivity index (χ1v) is 10.3. The lowest BCUT2D eigenvalue weighted by Gasteiger charge is -2.38. The van der Waals surface area contributed by atoms with Gasteiger partial charge in [0.1, 0.15) is 11.8 Å². The van der Waals surface area contributed by atoms with Crippen molar-refractivity contribution in [2.45, 2.75) is 69.2 Å². The Kier molecular flexibility index (Phi) is 5.50. The summed E-state index contributed by atoms with van der Waals surface area (Å²) in [4.78, 5) is 24.2. The van der Waals surface area contributed by atoms with Crippen LogP contribution in [-0.4, -0.2) is 53.7 Å². The first kappa shape index (κ1) is 20.1. The maximum Gasteiger partial charge on any atom is 0.407 e. The van der Waals surface area contributed by atoms with E-state index in [4.69, 9.17) is 9.47 Å². The number of hydrogen-bond donors (Lipinski definition) is 3. The number of H-pyrrole nitrogens is 1. The van der Waals surface area contributed by atoms with Gasteiger partial charge in [-0.15, -0.1) is 0 Å². The van der Waals surface area contributed by atoms with E-state index in [0.29, 0.717) is 37.6 Å². The molecule has 3 saturated carbocycles. The minimum atomic E-state index is -1.17. The minimum Gasteiger partial charge on any atom is -0.446 e. The highest BCUT2D eigenvalue weighted by Crippen LogP contribution is 2.40. The Bertz CT molecular complexity index is 759. The van der Waals surface area contributed by atoms with Crippen LogP contribution in [0.2, 0.25) is 0 Å². The summed E-state index contributed by atoms with van der Waals surface area (Å²) in [5, 5.41) is 12.8. The van der Waals surface area contributed by atoms with Crippen LogP contribution in [0.3, 0.4) is 0 Å². The fourth-order valence-corrected chi connectivity index (χ4v) is 4.55. The number of halogens is 1. The summed E-state index contributed by atoms with van der Waals surface area (Å²) < 4.78 is 24.1. The highest BCUT2D eigenvalue weighted by Gasteiger charge is 2.43. The van der Waals surface area contributed by atoms with Crippen molar-refractivity contribution in [2.75, 3.05) is 19.0 Å². The van der Waals surface area contributed by atoms with E-state index in [2.05, 4.69) is 20.8 Å². The maximum atomic E-state index is 13.5. The van der Waals surface area contributed by atoms with Crippen LogP contribution in [0.25, 0.3) is 0 Å². The number of carbonyl (C=O) groups excluding carboxylic acids is 2. The third-order valence-corrected chi connectivity index (χ3v) is 6.25. The zero-order valence-electron chi connectivity index (χ0n) is 16.9. The molecule has 1 aromatic heterocycles. The summed E-state index contributed by atoms with van der Waals surface area (Å²) in [6.45, 7) is 2.15. The van der Waals surface area contributed by atoms with Gasteiger partial charge in [0, 0.05) is 56.2 Å². The quantitative estimate of drug-likeness (QED) is 0.643. The van der Waals surface area contributed by atoms with Gasteiger partial charge >= 0.3 is 6.09 Å². The molecule has 0 aliphatic heterocycles. The zero-order chi connectivity index (χ0) is 20.6. The highest BCUT2D eigenvalue weighted by atomic mass is 19.1. The van der Waals surface area contributed by atoms with E-state index in [1.807, 2.05) is 6.07 Å². The Balaban J connectivity index is 1.20. The molecule has 3 N–H and O–H groups in total. The molecule has 29 heavy (non-hydrogen) atoms. The topological polar surface area (TPSA) is 105 Å². The van der Waals surface area contributed by atoms with Crippen LogP contribution in [0.15, 0.2) is 6.07 Å². The molecule has 2 amide bonds. The number of aromatic amines is 1. The van der Waals surface area contributed by atoms with Crippen LogP contribution < -0.4 is 10.6 Å². The minimum absolute atomic E-state index is 0.00352. The molecule has 0 radical (unpaired) electrons. The summed E-state index contributed by atoms with van der Waals surface area (Å²) in [5.41, 5.74) is -0.239. The molecule has 9 heteroatoms. The average molecular weight is 408 g/mol. The molecule has 160 valence electrons. The predicted octanol–water partition coefficient (Wildman–Crippen LogP) is 2.88. The molecular formula is C20H29FN4O4. The average Bonchev–Trinajstić information content (AvgIpc) is 3.01. The second-order valence-electron chi connectivity index (χ2n) is 8.96. The third-order valence-electron chi connectivity index (χ3n) is 6.25. The molecule has 1 aromatic rings. The molecule has 3 aliphatic carbocycles. The molecule has 3 aliphatic rings. The van der Waals surface area contributed by atoms with Crippen molar-refractivity contribution < 1.29 is 23.5 Å². The Morgan fingerprint density at radius 2 is 2.14 bits per heavy atom. The SMILES string of the molecule is COC[C@H]1C[C@@H]1C(=O)Nc1cc([C@H]2CC[C@@H](OC(=O)NC3CC(C)(F)C3)C2)[nH]n1. The van der Waals surface area contributed by atoms with Gasteiger partial charge in [0.2, 0.25) is 5.91 Å². The standard InChI is InChI=1S/C20H29FN4O4/c1-20(21)8-13(9-20)22-19(27)29-14-4-3-11(5-14)16-7-17(25-24-16)23-18(26)15-6-12(15)10-28-2/h7,11-15H,3-6,8-10H2,1-2H3,(H,22,27)(H2,23,24,25,26)/t11-,12+,13?,14+,15-,20?/m0/s1. The third kappa shape index (κ3) is 4.88. The fourth-order valence-electron chi connectivity index (χ4n) is 4.55. The van der Waals surface area contributed by atoms with Crippen molar-refractivity contribution in [3.8, 4) is 0 Å². The summed E-state index contributed by atoms with van der Waals surface area (Å²) in [5.74, 6) is 1.01. The van der Waals surface area contributed by atoms with Gasteiger partial charge in [-0.1, -0.05) is 0 Å². The summed E-state index contributed by atoms with van der Waals surface area (Å²) in [6, 6.07) is 1.72. The van der Waals surface area contributed by atoms with E-state index in [0.717, 1.165) is 25.0 Å². The van der Waals surface area contributed by atoms with Crippen molar-refractivity contribution in [1.82, 2.24) is 15.5 Å². The Morgan fingerprint density at radius 3 is 2.86 bits per heavy atom. The van der Waals surface area contributed by atoms with Gasteiger partial charge in [-0.25, -0.2) is 9.18 Å². The lowest BCUT2D eigenvalue weighted by atomic mass is 9.79. The normalized spacial score (nSPS) is 35.6. The largest absolute Gasteiger partial charge is 0.446 e. The number of hydrogen-bond acceptors (Lipinski definition) is 5. The van der Waals surface area contributed by atoms with Gasteiger partial charge < -0.3 is 20.1 Å². The molecule has 0 bridgehead atoms. The number of nitrogens with zero attached hydrogens (tertiary/aromatic N) is 1. The van der Waals surface area contributed by atoms with E-state index in [1.165, 1.54) is 0 Å². The zero-order valence-corrected chi connectivity index (χ0v) is 16.9. The van der Waals surface area contributed by atoms with E-state index >= 15 is 0 Å². The first-order chi connectivity index (χ1) is 13.8. The molecule has 8 nitrogen and oxygen atoms in total. The molecular weight excluding hydrogens is 379 g/mol.